The SMILES string of the molecule is Cc1cc2cccc(CC(C)(C)O)c2s1. The average Bonchev–Trinajstić information content (AvgIpc) is 2.43. The number of fused-ring (bicyclic) bond motifs is 1. The summed E-state index contributed by atoms with van der Waals surface area (Å²) in [5.41, 5.74) is 0.615. The number of aliphatic hydroxyl groups is 1. The molecule has 1 N–H and O–H groups in total. The topological polar surface area (TPSA) is 20.2 Å². The summed E-state index contributed by atoms with van der Waals surface area (Å²) < 4.78 is 1.32. The van der Waals surface area contributed by atoms with Crippen LogP contribution >= 0.6 is 11.3 Å². The largest absolute Gasteiger partial charge is 0.390 e. The molecule has 0 unspecified atom stereocenters. The Bertz CT molecular complexity index is 477. The van der Waals surface area contributed by atoms with Gasteiger partial charge in [0.1, 0.15) is 0 Å². The maximum Gasteiger partial charge on any atom is 0.0632 e. The van der Waals surface area contributed by atoms with E-state index in [-0.39, 0.29) is 0 Å². The van der Waals surface area contributed by atoms with E-state index < -0.39 is 5.60 Å². The van der Waals surface area contributed by atoms with Gasteiger partial charge in [-0.05, 0) is 37.8 Å². The van der Waals surface area contributed by atoms with Gasteiger partial charge < -0.3 is 5.11 Å². The zero-order chi connectivity index (χ0) is 11.1. The van der Waals surface area contributed by atoms with Crippen molar-refractivity contribution in [3.8, 4) is 0 Å². The molecule has 0 aliphatic carbocycles. The van der Waals surface area contributed by atoms with Gasteiger partial charge in [-0.3, -0.25) is 0 Å². The Kier molecular flexibility index (Phi) is 2.57. The molecule has 0 aliphatic heterocycles. The van der Waals surface area contributed by atoms with Crippen molar-refractivity contribution in [2.24, 2.45) is 0 Å². The van der Waals surface area contributed by atoms with E-state index in [1.54, 1.807) is 0 Å². The zero-order valence-corrected chi connectivity index (χ0v) is 10.2. The highest BCUT2D eigenvalue weighted by molar-refractivity contribution is 7.19. The van der Waals surface area contributed by atoms with Gasteiger partial charge in [-0.25, -0.2) is 0 Å². The van der Waals surface area contributed by atoms with Crippen LogP contribution in [0.15, 0.2) is 24.3 Å². The van der Waals surface area contributed by atoms with Crippen LogP contribution in [-0.2, 0) is 6.42 Å². The van der Waals surface area contributed by atoms with Gasteiger partial charge in [0.2, 0.25) is 0 Å². The van der Waals surface area contributed by atoms with E-state index in [1.807, 2.05) is 25.2 Å². The highest BCUT2D eigenvalue weighted by Gasteiger charge is 2.15. The molecule has 1 aromatic carbocycles. The lowest BCUT2D eigenvalue weighted by molar-refractivity contribution is 0.0814. The second-order valence-electron chi connectivity index (χ2n) is 4.68. The molecule has 2 heteroatoms. The Hall–Kier alpha value is -0.860. The molecule has 1 aromatic heterocycles. The van der Waals surface area contributed by atoms with Crippen LogP contribution in [0.25, 0.3) is 10.1 Å². The summed E-state index contributed by atoms with van der Waals surface area (Å²) in [6.07, 6.45) is 0.713. The molecule has 0 atom stereocenters. The van der Waals surface area contributed by atoms with Crippen molar-refractivity contribution in [3.05, 3.63) is 34.7 Å². The second kappa shape index (κ2) is 3.62. The van der Waals surface area contributed by atoms with Crippen molar-refractivity contribution in [2.45, 2.75) is 32.8 Å². The quantitative estimate of drug-likeness (QED) is 0.821. The summed E-state index contributed by atoms with van der Waals surface area (Å²) in [4.78, 5) is 1.33. The minimum Gasteiger partial charge on any atom is -0.390 e. The van der Waals surface area contributed by atoms with Crippen LogP contribution in [0, 0.1) is 6.92 Å². The molecule has 0 fully saturated rings. The number of hydrogen-bond acceptors (Lipinski definition) is 2. The lowest BCUT2D eigenvalue weighted by Gasteiger charge is -2.17. The summed E-state index contributed by atoms with van der Waals surface area (Å²) in [6.45, 7) is 5.83. The summed E-state index contributed by atoms with van der Waals surface area (Å²) in [7, 11) is 0. The third kappa shape index (κ3) is 2.39. The molecule has 0 saturated heterocycles. The smallest absolute Gasteiger partial charge is 0.0632 e. The fraction of sp³-hybridized carbons (Fsp3) is 0.385. The third-order valence-corrected chi connectivity index (χ3v) is 3.51. The van der Waals surface area contributed by atoms with E-state index in [2.05, 4.69) is 31.2 Å². The van der Waals surface area contributed by atoms with Crippen LogP contribution in [0.1, 0.15) is 24.3 Å². The first-order valence-corrected chi connectivity index (χ1v) is 5.98. The minimum atomic E-state index is -0.633. The Balaban J connectivity index is 2.51. The van der Waals surface area contributed by atoms with Crippen molar-refractivity contribution in [1.82, 2.24) is 0 Å². The number of hydrogen-bond donors (Lipinski definition) is 1. The Morgan fingerprint density at radius 2 is 2.07 bits per heavy atom. The molecular formula is C13H16OS. The maximum absolute atomic E-state index is 9.84. The molecule has 0 bridgehead atoms. The minimum absolute atomic E-state index is 0.633. The molecule has 2 rings (SSSR count). The monoisotopic (exact) mass is 220 g/mol. The first kappa shape index (κ1) is 10.7. The molecule has 0 spiro atoms. The van der Waals surface area contributed by atoms with Gasteiger partial charge in [0, 0.05) is 16.0 Å². The Labute approximate surface area is 94.4 Å². The van der Waals surface area contributed by atoms with E-state index in [9.17, 15) is 5.11 Å². The molecule has 1 nitrogen and oxygen atoms in total. The first-order chi connectivity index (χ1) is 6.96. The fourth-order valence-electron chi connectivity index (χ4n) is 1.86. The molecule has 1 heterocycles. The molecule has 0 amide bonds. The summed E-state index contributed by atoms with van der Waals surface area (Å²) in [5.74, 6) is 0. The highest BCUT2D eigenvalue weighted by Crippen LogP contribution is 2.30. The lowest BCUT2D eigenvalue weighted by atomic mass is 9.98. The molecule has 80 valence electrons. The van der Waals surface area contributed by atoms with E-state index in [0.717, 1.165) is 0 Å². The van der Waals surface area contributed by atoms with Crippen LogP contribution in [-0.4, -0.2) is 10.7 Å². The lowest BCUT2D eigenvalue weighted by Crippen LogP contribution is -2.21. The predicted molar refractivity (Wildman–Crippen MR) is 66.6 cm³/mol. The van der Waals surface area contributed by atoms with E-state index in [1.165, 1.54) is 20.5 Å². The summed E-state index contributed by atoms with van der Waals surface area (Å²) >= 11 is 1.81. The van der Waals surface area contributed by atoms with Gasteiger partial charge >= 0.3 is 0 Å². The van der Waals surface area contributed by atoms with Crippen LogP contribution in [0.4, 0.5) is 0 Å². The Morgan fingerprint density at radius 3 is 2.73 bits per heavy atom. The standard InChI is InChI=1S/C13H16OS/c1-9-7-10-5-4-6-11(12(10)15-9)8-13(2,3)14/h4-7,14H,8H2,1-3H3. The molecule has 2 aromatic rings. The highest BCUT2D eigenvalue weighted by atomic mass is 32.1. The van der Waals surface area contributed by atoms with Gasteiger partial charge in [0.05, 0.1) is 5.60 Å². The zero-order valence-electron chi connectivity index (χ0n) is 9.37. The van der Waals surface area contributed by atoms with Gasteiger partial charge in [-0.1, -0.05) is 18.2 Å². The van der Waals surface area contributed by atoms with Crippen molar-refractivity contribution in [1.29, 1.82) is 0 Å². The number of benzene rings is 1. The van der Waals surface area contributed by atoms with Crippen LogP contribution in [0.3, 0.4) is 0 Å². The fourth-order valence-corrected chi connectivity index (χ4v) is 2.88. The summed E-state index contributed by atoms with van der Waals surface area (Å²) in [6, 6.07) is 8.51. The van der Waals surface area contributed by atoms with E-state index >= 15 is 0 Å². The number of aryl methyl sites for hydroxylation is 1. The van der Waals surface area contributed by atoms with Gasteiger partial charge in [-0.2, -0.15) is 0 Å². The summed E-state index contributed by atoms with van der Waals surface area (Å²) in [5, 5.41) is 11.1. The molecule has 0 radical (unpaired) electrons. The number of rotatable bonds is 2. The van der Waals surface area contributed by atoms with Crippen molar-refractivity contribution < 1.29 is 5.11 Å². The van der Waals surface area contributed by atoms with E-state index in [0.29, 0.717) is 6.42 Å². The first-order valence-electron chi connectivity index (χ1n) is 5.16. The normalized spacial score (nSPS) is 12.3. The van der Waals surface area contributed by atoms with Crippen LogP contribution in [0.2, 0.25) is 0 Å². The van der Waals surface area contributed by atoms with Gasteiger partial charge in [0.25, 0.3) is 0 Å². The van der Waals surface area contributed by atoms with E-state index in [4.69, 9.17) is 0 Å². The van der Waals surface area contributed by atoms with Crippen molar-refractivity contribution >= 4 is 21.4 Å². The van der Waals surface area contributed by atoms with Crippen LogP contribution in [0.5, 0.6) is 0 Å². The second-order valence-corrected chi connectivity index (χ2v) is 5.94. The molecule has 0 aliphatic rings. The number of thiophene rings is 1. The van der Waals surface area contributed by atoms with Gasteiger partial charge in [0.15, 0.2) is 0 Å². The maximum atomic E-state index is 9.84. The average molecular weight is 220 g/mol. The van der Waals surface area contributed by atoms with Crippen molar-refractivity contribution in [3.63, 3.8) is 0 Å². The molecule has 15 heavy (non-hydrogen) atoms. The van der Waals surface area contributed by atoms with Crippen molar-refractivity contribution in [2.75, 3.05) is 0 Å². The molecular weight excluding hydrogens is 204 g/mol. The molecule has 0 saturated carbocycles. The third-order valence-electron chi connectivity index (χ3n) is 2.37. The predicted octanol–water partition coefficient (Wildman–Crippen LogP) is 3.52. The van der Waals surface area contributed by atoms with Gasteiger partial charge in [-0.15, -0.1) is 11.3 Å². The van der Waals surface area contributed by atoms with Crippen LogP contribution < -0.4 is 0 Å². The Morgan fingerprint density at radius 1 is 1.33 bits per heavy atom.